The number of carbonyl (C=O) groups excluding carboxylic acids is 3. The van der Waals surface area contributed by atoms with Crippen molar-refractivity contribution in [2.75, 3.05) is 0 Å². The van der Waals surface area contributed by atoms with E-state index in [2.05, 4.69) is 16.0 Å². The number of carboxylic acids is 1. The monoisotopic (exact) mass is 604 g/mol. The third kappa shape index (κ3) is 10.7. The summed E-state index contributed by atoms with van der Waals surface area (Å²) in [4.78, 5) is 52.3. The lowest BCUT2D eigenvalue weighted by Gasteiger charge is -2.26. The van der Waals surface area contributed by atoms with Gasteiger partial charge in [-0.25, -0.2) is 4.79 Å². The van der Waals surface area contributed by atoms with Crippen LogP contribution in [0, 0.1) is 5.92 Å². The largest absolute Gasteiger partial charge is 0.508 e. The maximum absolute atomic E-state index is 13.7. The van der Waals surface area contributed by atoms with E-state index in [1.165, 1.54) is 24.3 Å². The number of carboxylic acid groups (broad SMARTS) is 1. The third-order valence-electron chi connectivity index (χ3n) is 6.98. The molecule has 8 N–H and O–H groups in total. The predicted octanol–water partition coefficient (Wildman–Crippen LogP) is 2.04. The molecule has 4 unspecified atom stereocenters. The Labute approximate surface area is 256 Å². The molecule has 234 valence electrons. The highest BCUT2D eigenvalue weighted by Gasteiger charge is 2.31. The van der Waals surface area contributed by atoms with Crippen LogP contribution in [0.1, 0.15) is 37.0 Å². The summed E-state index contributed by atoms with van der Waals surface area (Å²) in [5.74, 6) is -3.00. The predicted molar refractivity (Wildman–Crippen MR) is 165 cm³/mol. The van der Waals surface area contributed by atoms with Crippen LogP contribution in [0.2, 0.25) is 0 Å². The molecule has 3 aromatic carbocycles. The molecular weight excluding hydrogens is 564 g/mol. The Morgan fingerprint density at radius 3 is 1.43 bits per heavy atom. The molecular formula is C33H40N4O7. The number of amides is 3. The summed E-state index contributed by atoms with van der Waals surface area (Å²) in [5.41, 5.74) is 8.01. The number of phenolic OH excluding ortho intramolecular Hbond substituents is 2. The fraction of sp³-hybridized carbons (Fsp3) is 0.333. The number of benzene rings is 3. The molecule has 0 saturated heterocycles. The van der Waals surface area contributed by atoms with E-state index in [0.29, 0.717) is 17.5 Å². The van der Waals surface area contributed by atoms with Crippen LogP contribution in [-0.2, 0) is 38.4 Å². The highest BCUT2D eigenvalue weighted by atomic mass is 16.4. The number of rotatable bonds is 15. The highest BCUT2D eigenvalue weighted by Crippen LogP contribution is 2.14. The molecule has 0 fully saturated rings. The fourth-order valence-electron chi connectivity index (χ4n) is 4.64. The molecule has 0 bridgehead atoms. The molecule has 11 nitrogen and oxygen atoms in total. The first-order valence-corrected chi connectivity index (χ1v) is 14.4. The van der Waals surface area contributed by atoms with Crippen LogP contribution in [0.4, 0.5) is 0 Å². The first-order valence-electron chi connectivity index (χ1n) is 14.4. The maximum atomic E-state index is 13.7. The molecule has 44 heavy (non-hydrogen) atoms. The normalized spacial score (nSPS) is 13.7. The van der Waals surface area contributed by atoms with Gasteiger partial charge in [-0.2, -0.15) is 0 Å². The van der Waals surface area contributed by atoms with Crippen LogP contribution in [0.3, 0.4) is 0 Å². The van der Waals surface area contributed by atoms with Crippen LogP contribution in [-0.4, -0.2) is 63.2 Å². The molecule has 0 aliphatic rings. The van der Waals surface area contributed by atoms with Gasteiger partial charge in [-0.05, 0) is 53.3 Å². The second kappa shape index (κ2) is 16.1. The van der Waals surface area contributed by atoms with E-state index in [9.17, 15) is 34.5 Å². The van der Waals surface area contributed by atoms with Gasteiger partial charge in [0, 0.05) is 19.3 Å². The molecule has 0 radical (unpaired) electrons. The number of hydrogen-bond acceptors (Lipinski definition) is 7. The summed E-state index contributed by atoms with van der Waals surface area (Å²) in [5, 5.41) is 37.0. The number of nitrogens with one attached hydrogen (secondary N) is 3. The summed E-state index contributed by atoms with van der Waals surface area (Å²) in [6.45, 7) is 3.86. The molecule has 11 heteroatoms. The van der Waals surface area contributed by atoms with Gasteiger partial charge in [-0.15, -0.1) is 0 Å². The lowest BCUT2D eigenvalue weighted by atomic mass is 10.00. The van der Waals surface area contributed by atoms with Crippen molar-refractivity contribution in [1.29, 1.82) is 0 Å². The van der Waals surface area contributed by atoms with Crippen molar-refractivity contribution in [2.24, 2.45) is 11.7 Å². The molecule has 0 spiro atoms. The summed E-state index contributed by atoms with van der Waals surface area (Å²) < 4.78 is 0. The van der Waals surface area contributed by atoms with E-state index in [1.807, 2.05) is 32.0 Å². The lowest BCUT2D eigenvalue weighted by molar-refractivity contribution is -0.142. The Morgan fingerprint density at radius 1 is 0.614 bits per heavy atom. The van der Waals surface area contributed by atoms with E-state index in [-0.39, 0.29) is 36.7 Å². The van der Waals surface area contributed by atoms with E-state index < -0.39 is 47.9 Å². The second-order valence-corrected chi connectivity index (χ2v) is 11.2. The number of phenols is 2. The lowest BCUT2D eigenvalue weighted by Crippen LogP contribution is -2.58. The molecule has 3 rings (SSSR count). The molecule has 0 aliphatic heterocycles. The highest BCUT2D eigenvalue weighted by molar-refractivity contribution is 5.94. The van der Waals surface area contributed by atoms with Crippen LogP contribution < -0.4 is 21.7 Å². The van der Waals surface area contributed by atoms with Crippen LogP contribution >= 0.6 is 0 Å². The second-order valence-electron chi connectivity index (χ2n) is 11.2. The summed E-state index contributed by atoms with van der Waals surface area (Å²) >= 11 is 0. The van der Waals surface area contributed by atoms with Gasteiger partial charge in [-0.3, -0.25) is 14.4 Å². The van der Waals surface area contributed by atoms with Crippen molar-refractivity contribution < 1.29 is 34.5 Å². The Morgan fingerprint density at radius 2 is 1.00 bits per heavy atom. The third-order valence-corrected chi connectivity index (χ3v) is 6.98. The molecule has 0 aliphatic carbocycles. The Bertz CT molecular complexity index is 1400. The Balaban J connectivity index is 1.85. The SMILES string of the molecule is CC(C)CC(N)C(=O)NC(Cc1ccccc1)C(=O)NC(Cc1ccc(O)cc1)C(=O)NC(Cc1ccc(O)cc1)C(=O)O. The van der Waals surface area contributed by atoms with Gasteiger partial charge in [-0.1, -0.05) is 68.4 Å². The van der Waals surface area contributed by atoms with Gasteiger partial charge in [0.1, 0.15) is 29.6 Å². The minimum absolute atomic E-state index is 0.0157. The molecule has 4 atom stereocenters. The van der Waals surface area contributed by atoms with Crippen LogP contribution in [0.25, 0.3) is 0 Å². The van der Waals surface area contributed by atoms with Crippen molar-refractivity contribution in [2.45, 2.75) is 63.7 Å². The van der Waals surface area contributed by atoms with E-state index in [1.54, 1.807) is 36.4 Å². The first-order chi connectivity index (χ1) is 20.9. The van der Waals surface area contributed by atoms with Gasteiger partial charge in [0.05, 0.1) is 6.04 Å². The van der Waals surface area contributed by atoms with Crippen LogP contribution in [0.15, 0.2) is 78.9 Å². The quantitative estimate of drug-likeness (QED) is 0.137. The minimum Gasteiger partial charge on any atom is -0.508 e. The van der Waals surface area contributed by atoms with E-state index in [0.717, 1.165) is 5.56 Å². The molecule has 3 amide bonds. The van der Waals surface area contributed by atoms with Crippen LogP contribution in [0.5, 0.6) is 11.5 Å². The summed E-state index contributed by atoms with van der Waals surface area (Å²) in [6.07, 6.45) is 0.442. The maximum Gasteiger partial charge on any atom is 0.326 e. The standard InChI is InChI=1S/C33H40N4O7/c1-20(2)16-26(34)30(40)35-27(17-21-6-4-3-5-7-21)31(41)36-28(18-22-8-12-24(38)13-9-22)32(42)37-29(33(43)44)19-23-10-14-25(39)15-11-23/h3-15,20,26-29,38-39H,16-19,34H2,1-2H3,(H,35,40)(H,36,41)(H,37,42)(H,43,44). The average molecular weight is 605 g/mol. The van der Waals surface area contributed by atoms with Gasteiger partial charge < -0.3 is 37.0 Å². The average Bonchev–Trinajstić information content (AvgIpc) is 2.98. The molecule has 0 saturated carbocycles. The van der Waals surface area contributed by atoms with Crippen molar-refractivity contribution in [3.8, 4) is 11.5 Å². The smallest absolute Gasteiger partial charge is 0.326 e. The van der Waals surface area contributed by atoms with E-state index in [4.69, 9.17) is 5.73 Å². The zero-order valence-electron chi connectivity index (χ0n) is 24.8. The number of hydrogen-bond donors (Lipinski definition) is 7. The molecule has 3 aromatic rings. The number of carbonyl (C=O) groups is 4. The number of nitrogens with two attached hydrogens (primary N) is 1. The van der Waals surface area contributed by atoms with Crippen molar-refractivity contribution in [1.82, 2.24) is 16.0 Å². The zero-order chi connectivity index (χ0) is 32.2. The fourth-order valence-corrected chi connectivity index (χ4v) is 4.64. The van der Waals surface area contributed by atoms with Gasteiger partial charge in [0.2, 0.25) is 17.7 Å². The number of aliphatic carboxylic acids is 1. The molecule has 0 heterocycles. The summed E-state index contributed by atoms with van der Waals surface area (Å²) in [7, 11) is 0. The van der Waals surface area contributed by atoms with Crippen molar-refractivity contribution >= 4 is 23.7 Å². The topological polar surface area (TPSA) is 191 Å². The minimum atomic E-state index is -1.33. The number of aromatic hydroxyl groups is 2. The van der Waals surface area contributed by atoms with Gasteiger partial charge in [0.15, 0.2) is 0 Å². The zero-order valence-corrected chi connectivity index (χ0v) is 24.8. The van der Waals surface area contributed by atoms with Crippen molar-refractivity contribution in [3.63, 3.8) is 0 Å². The first kappa shape index (κ1) is 33.6. The Hall–Kier alpha value is -4.90. The van der Waals surface area contributed by atoms with Crippen molar-refractivity contribution in [3.05, 3.63) is 95.6 Å². The Kier molecular flexibility index (Phi) is 12.3. The summed E-state index contributed by atoms with van der Waals surface area (Å²) in [6, 6.07) is 16.5. The van der Waals surface area contributed by atoms with Gasteiger partial charge in [0.25, 0.3) is 0 Å². The molecule has 0 aromatic heterocycles. The van der Waals surface area contributed by atoms with E-state index >= 15 is 0 Å². The van der Waals surface area contributed by atoms with Gasteiger partial charge >= 0.3 is 5.97 Å².